The summed E-state index contributed by atoms with van der Waals surface area (Å²) in [6.45, 7) is 10.6. The van der Waals surface area contributed by atoms with E-state index in [9.17, 15) is 0 Å². The highest BCUT2D eigenvalue weighted by Gasteiger charge is 2.27. The Morgan fingerprint density at radius 3 is 2.25 bits per heavy atom. The standard InChI is InChI=1S/C34H36N8O2/c1-21-35-29-19-30(36-21)41(6)27-16-24(34(3,4)5)17-28(31(27)43-20-23-12-9-8-10-13-23)42(7)32-37-22(2)38-33(40-32)44-26-15-11-14-25(18-26)39-29/h8-19H,20H2,1-7H3,(H,35,36,39). The summed E-state index contributed by atoms with van der Waals surface area (Å²) in [5.41, 5.74) is 4.42. The predicted octanol–water partition coefficient (Wildman–Crippen LogP) is 7.54. The molecular formula is C34H36N8O2. The number of nitrogens with zero attached hydrogens (tertiary/aromatic N) is 7. The second-order valence-electron chi connectivity index (χ2n) is 11.9. The van der Waals surface area contributed by atoms with Crippen LogP contribution in [0.2, 0.25) is 0 Å². The van der Waals surface area contributed by atoms with Crippen molar-refractivity contribution in [1.29, 1.82) is 0 Å². The van der Waals surface area contributed by atoms with Crippen molar-refractivity contribution in [3.8, 4) is 17.5 Å². The van der Waals surface area contributed by atoms with Gasteiger partial charge in [-0.05, 0) is 54.7 Å². The van der Waals surface area contributed by atoms with Crippen molar-refractivity contribution in [3.05, 3.63) is 95.6 Å². The van der Waals surface area contributed by atoms with Crippen LogP contribution in [-0.2, 0) is 12.0 Å². The molecule has 5 aromatic rings. The molecule has 0 saturated heterocycles. The van der Waals surface area contributed by atoms with Gasteiger partial charge in [-0.25, -0.2) is 9.97 Å². The molecule has 1 N–H and O–H groups in total. The summed E-state index contributed by atoms with van der Waals surface area (Å²) in [4.78, 5) is 27.3. The van der Waals surface area contributed by atoms with Gasteiger partial charge < -0.3 is 24.6 Å². The van der Waals surface area contributed by atoms with Crippen molar-refractivity contribution in [2.24, 2.45) is 0 Å². The summed E-state index contributed by atoms with van der Waals surface area (Å²) in [7, 11) is 3.93. The Morgan fingerprint density at radius 1 is 0.773 bits per heavy atom. The zero-order valence-corrected chi connectivity index (χ0v) is 26.1. The molecule has 0 aliphatic carbocycles. The molecule has 6 rings (SSSR count). The zero-order valence-electron chi connectivity index (χ0n) is 26.1. The van der Waals surface area contributed by atoms with E-state index >= 15 is 0 Å². The molecule has 0 spiro atoms. The van der Waals surface area contributed by atoms with E-state index in [1.54, 1.807) is 0 Å². The molecule has 1 aliphatic rings. The molecule has 0 saturated carbocycles. The quantitative estimate of drug-likeness (QED) is 0.227. The van der Waals surface area contributed by atoms with Crippen LogP contribution in [0.15, 0.2) is 72.8 Å². The van der Waals surface area contributed by atoms with Crippen LogP contribution in [0, 0.1) is 13.8 Å². The van der Waals surface area contributed by atoms with E-state index in [1.807, 2.05) is 98.4 Å². The van der Waals surface area contributed by atoms with Gasteiger partial charge in [0.05, 0.1) is 11.4 Å². The van der Waals surface area contributed by atoms with Gasteiger partial charge in [0.2, 0.25) is 5.95 Å². The Morgan fingerprint density at radius 2 is 1.50 bits per heavy atom. The second kappa shape index (κ2) is 11.4. The normalized spacial score (nSPS) is 12.8. The van der Waals surface area contributed by atoms with Crippen LogP contribution in [0.4, 0.5) is 34.6 Å². The average molecular weight is 589 g/mol. The van der Waals surface area contributed by atoms with Gasteiger partial charge in [-0.1, -0.05) is 57.2 Å². The molecule has 0 fully saturated rings. The molecule has 1 aliphatic heterocycles. The average Bonchev–Trinajstić information content (AvgIpc) is 2.98. The number of ether oxygens (including phenoxy) is 2. The highest BCUT2D eigenvalue weighted by molar-refractivity contribution is 5.81. The molecule has 8 bridgehead atoms. The molecule has 10 heteroatoms. The van der Waals surface area contributed by atoms with Gasteiger partial charge in [0.15, 0.2) is 5.75 Å². The van der Waals surface area contributed by atoms with Crippen LogP contribution < -0.4 is 24.6 Å². The van der Waals surface area contributed by atoms with Gasteiger partial charge >= 0.3 is 6.01 Å². The molecule has 3 heterocycles. The largest absolute Gasteiger partial charge is 0.485 e. The maximum Gasteiger partial charge on any atom is 0.327 e. The van der Waals surface area contributed by atoms with Crippen molar-refractivity contribution >= 4 is 34.6 Å². The molecular weight excluding hydrogens is 552 g/mol. The van der Waals surface area contributed by atoms with Crippen molar-refractivity contribution in [2.75, 3.05) is 29.2 Å². The predicted molar refractivity (Wildman–Crippen MR) is 173 cm³/mol. The second-order valence-corrected chi connectivity index (χ2v) is 11.9. The minimum atomic E-state index is -0.176. The number of benzene rings is 3. The Bertz CT molecular complexity index is 1720. The molecule has 2 aromatic heterocycles. The summed E-state index contributed by atoms with van der Waals surface area (Å²) in [5, 5.41) is 3.41. The zero-order chi connectivity index (χ0) is 31.0. The fraction of sp³-hybridized carbons (Fsp3) is 0.265. The maximum absolute atomic E-state index is 6.70. The Hall–Kier alpha value is -5.25. The summed E-state index contributed by atoms with van der Waals surface area (Å²) >= 11 is 0. The van der Waals surface area contributed by atoms with Gasteiger partial charge in [-0.15, -0.1) is 0 Å². The van der Waals surface area contributed by atoms with Crippen molar-refractivity contribution in [1.82, 2.24) is 24.9 Å². The molecule has 0 atom stereocenters. The van der Waals surface area contributed by atoms with E-state index < -0.39 is 0 Å². The lowest BCUT2D eigenvalue weighted by atomic mass is 9.86. The van der Waals surface area contributed by atoms with E-state index in [2.05, 4.69) is 48.2 Å². The van der Waals surface area contributed by atoms with E-state index in [-0.39, 0.29) is 11.4 Å². The molecule has 3 aromatic carbocycles. The van der Waals surface area contributed by atoms with Crippen molar-refractivity contribution < 1.29 is 9.47 Å². The Kier molecular flexibility index (Phi) is 7.50. The molecule has 10 nitrogen and oxygen atoms in total. The minimum Gasteiger partial charge on any atom is -0.485 e. The molecule has 44 heavy (non-hydrogen) atoms. The topological polar surface area (TPSA) is 101 Å². The van der Waals surface area contributed by atoms with Crippen LogP contribution in [0.1, 0.15) is 43.5 Å². The van der Waals surface area contributed by atoms with E-state index in [0.717, 1.165) is 28.2 Å². The third-order valence-electron chi connectivity index (χ3n) is 7.36. The van der Waals surface area contributed by atoms with Gasteiger partial charge in [0.25, 0.3) is 0 Å². The van der Waals surface area contributed by atoms with E-state index in [1.165, 1.54) is 0 Å². The number of hydrogen-bond donors (Lipinski definition) is 1. The Balaban J connectivity index is 1.61. The summed E-state index contributed by atoms with van der Waals surface area (Å²) in [6, 6.07) is 24.1. The van der Waals surface area contributed by atoms with Crippen molar-refractivity contribution in [3.63, 3.8) is 0 Å². The van der Waals surface area contributed by atoms with Gasteiger partial charge in [0, 0.05) is 31.9 Å². The maximum atomic E-state index is 6.70. The number of nitrogens with one attached hydrogen (secondary N) is 1. The lowest BCUT2D eigenvalue weighted by molar-refractivity contribution is 0.307. The van der Waals surface area contributed by atoms with Crippen LogP contribution in [0.5, 0.6) is 17.5 Å². The first-order valence-electron chi connectivity index (χ1n) is 14.5. The van der Waals surface area contributed by atoms with Crippen LogP contribution in [0.3, 0.4) is 0 Å². The summed E-state index contributed by atoms with van der Waals surface area (Å²) < 4.78 is 12.9. The first kappa shape index (κ1) is 28.9. The van der Waals surface area contributed by atoms with E-state index in [0.29, 0.717) is 47.3 Å². The first-order chi connectivity index (χ1) is 21.0. The number of rotatable bonds is 3. The summed E-state index contributed by atoms with van der Waals surface area (Å²) in [5.74, 6) is 4.19. The van der Waals surface area contributed by atoms with Crippen LogP contribution in [-0.4, -0.2) is 39.0 Å². The van der Waals surface area contributed by atoms with Crippen LogP contribution in [0.25, 0.3) is 0 Å². The third kappa shape index (κ3) is 6.10. The summed E-state index contributed by atoms with van der Waals surface area (Å²) in [6.07, 6.45) is 0. The van der Waals surface area contributed by atoms with Crippen LogP contribution >= 0.6 is 0 Å². The monoisotopic (exact) mass is 588 g/mol. The van der Waals surface area contributed by atoms with E-state index in [4.69, 9.17) is 24.4 Å². The smallest absolute Gasteiger partial charge is 0.327 e. The van der Waals surface area contributed by atoms with Gasteiger partial charge in [-0.3, -0.25) is 0 Å². The van der Waals surface area contributed by atoms with Gasteiger partial charge in [-0.2, -0.15) is 15.0 Å². The molecule has 0 unspecified atom stereocenters. The fourth-order valence-corrected chi connectivity index (χ4v) is 4.96. The SMILES string of the molecule is Cc1nc2cc(n1)N(C)c1cc(C(C)(C)C)cc(c1OCc1ccccc1)N(C)c1nc(C)nc(n1)Oc1cccc(c1)N2. The fourth-order valence-electron chi connectivity index (χ4n) is 4.96. The lowest BCUT2D eigenvalue weighted by Crippen LogP contribution is -2.21. The molecule has 0 radical (unpaired) electrons. The number of aromatic nitrogens is 5. The minimum absolute atomic E-state index is 0.176. The Labute approximate surface area is 257 Å². The number of aryl methyl sites for hydroxylation is 2. The van der Waals surface area contributed by atoms with Gasteiger partial charge in [0.1, 0.15) is 35.6 Å². The number of fused-ring (bicyclic) bond motifs is 8. The highest BCUT2D eigenvalue weighted by atomic mass is 16.5. The molecule has 224 valence electrons. The lowest BCUT2D eigenvalue weighted by Gasteiger charge is -2.31. The first-order valence-corrected chi connectivity index (χ1v) is 14.5. The third-order valence-corrected chi connectivity index (χ3v) is 7.36. The highest BCUT2D eigenvalue weighted by Crippen LogP contribution is 2.45. The van der Waals surface area contributed by atoms with Crippen molar-refractivity contribution in [2.45, 2.75) is 46.6 Å². The number of hydrogen-bond acceptors (Lipinski definition) is 10. The molecule has 0 amide bonds. The number of anilines is 6.